The Balaban J connectivity index is 1.79. The Hall–Kier alpha value is -1.76. The quantitative estimate of drug-likeness (QED) is 0.537. The van der Waals surface area contributed by atoms with Crippen LogP contribution in [-0.4, -0.2) is 31.0 Å². The summed E-state index contributed by atoms with van der Waals surface area (Å²) in [5.74, 6) is 1.44. The molecule has 5 heteroatoms. The van der Waals surface area contributed by atoms with Crippen molar-refractivity contribution in [2.24, 2.45) is 0 Å². The summed E-state index contributed by atoms with van der Waals surface area (Å²) in [6.07, 6.45) is 3.17. The summed E-state index contributed by atoms with van der Waals surface area (Å²) in [5, 5.41) is 0. The second-order valence-electron chi connectivity index (χ2n) is 4.85. The summed E-state index contributed by atoms with van der Waals surface area (Å²) < 4.78 is 11.9. The molecule has 0 atom stereocenters. The molecular weight excluding hydrogens is 393 g/mol. The maximum atomic E-state index is 12.0. The molecule has 0 fully saturated rings. The van der Waals surface area contributed by atoms with Crippen LogP contribution in [0.1, 0.15) is 11.3 Å². The largest absolute Gasteiger partial charge is 0.491 e. The van der Waals surface area contributed by atoms with E-state index in [-0.39, 0.29) is 5.91 Å². The van der Waals surface area contributed by atoms with Crippen molar-refractivity contribution in [1.29, 1.82) is 0 Å². The van der Waals surface area contributed by atoms with Gasteiger partial charge in [0, 0.05) is 13.1 Å². The average Bonchev–Trinajstić information content (AvgIpc) is 2.92. The minimum atomic E-state index is -0.0835. The second-order valence-corrected chi connectivity index (χ2v) is 5.91. The molecule has 0 radical (unpaired) electrons. The molecule has 0 saturated heterocycles. The van der Waals surface area contributed by atoms with Gasteiger partial charge in [-0.05, 0) is 59.4 Å². The first-order chi connectivity index (χ1) is 10.6. The van der Waals surface area contributed by atoms with Crippen molar-refractivity contribution >= 4 is 34.6 Å². The molecule has 4 nitrogen and oxygen atoms in total. The molecule has 1 amide bonds. The highest BCUT2D eigenvalue weighted by atomic mass is 127. The zero-order valence-electron chi connectivity index (χ0n) is 12.6. The monoisotopic (exact) mass is 411 g/mol. The van der Waals surface area contributed by atoms with Crippen molar-refractivity contribution in [3.05, 3.63) is 57.6 Å². The second kappa shape index (κ2) is 8.03. The van der Waals surface area contributed by atoms with Crippen molar-refractivity contribution in [1.82, 2.24) is 4.90 Å². The molecule has 0 unspecified atom stereocenters. The summed E-state index contributed by atoms with van der Waals surface area (Å²) in [4.78, 5) is 13.6. The number of likely N-dealkylation sites (N-methyl/N-ethyl adjacent to an activating group) is 1. The fraction of sp³-hybridized carbons (Fsp3) is 0.235. The van der Waals surface area contributed by atoms with Crippen LogP contribution in [0.25, 0.3) is 6.08 Å². The lowest BCUT2D eigenvalue weighted by molar-refractivity contribution is -0.125. The van der Waals surface area contributed by atoms with Crippen molar-refractivity contribution in [3.8, 4) is 5.75 Å². The molecule has 0 bridgehead atoms. The lowest BCUT2D eigenvalue weighted by Crippen LogP contribution is -2.29. The van der Waals surface area contributed by atoms with E-state index in [1.807, 2.05) is 43.3 Å². The number of aryl methyl sites for hydroxylation is 1. The van der Waals surface area contributed by atoms with E-state index in [1.165, 1.54) is 6.08 Å². The number of carbonyl (C=O) groups is 1. The fourth-order valence-corrected chi connectivity index (χ4v) is 2.25. The maximum absolute atomic E-state index is 12.0. The minimum Gasteiger partial charge on any atom is -0.491 e. The van der Waals surface area contributed by atoms with E-state index in [0.29, 0.717) is 18.9 Å². The Bertz CT molecular complexity index is 663. The number of furan rings is 1. The van der Waals surface area contributed by atoms with Gasteiger partial charge in [-0.3, -0.25) is 4.79 Å². The van der Waals surface area contributed by atoms with Gasteiger partial charge < -0.3 is 14.1 Å². The number of ether oxygens (including phenoxy) is 1. The molecule has 1 aromatic heterocycles. The number of rotatable bonds is 6. The van der Waals surface area contributed by atoms with Gasteiger partial charge in [-0.15, -0.1) is 0 Å². The van der Waals surface area contributed by atoms with Crippen LogP contribution < -0.4 is 4.74 Å². The third-order valence-corrected chi connectivity index (χ3v) is 3.72. The molecule has 22 heavy (non-hydrogen) atoms. The SMILES string of the molecule is Cc1ccccc1OCCN(C)C(=O)/C=C/c1ccc(I)o1. The van der Waals surface area contributed by atoms with E-state index in [2.05, 4.69) is 22.6 Å². The molecule has 0 aliphatic heterocycles. The Morgan fingerprint density at radius 2 is 2.09 bits per heavy atom. The van der Waals surface area contributed by atoms with Gasteiger partial charge in [0.15, 0.2) is 3.77 Å². The summed E-state index contributed by atoms with van der Waals surface area (Å²) >= 11 is 2.09. The number of benzene rings is 1. The van der Waals surface area contributed by atoms with E-state index in [4.69, 9.17) is 9.15 Å². The molecule has 0 N–H and O–H groups in total. The van der Waals surface area contributed by atoms with E-state index >= 15 is 0 Å². The molecule has 2 rings (SSSR count). The van der Waals surface area contributed by atoms with Gasteiger partial charge in [0.05, 0.1) is 6.54 Å². The highest BCUT2D eigenvalue weighted by Gasteiger charge is 2.06. The number of hydrogen-bond acceptors (Lipinski definition) is 3. The van der Waals surface area contributed by atoms with E-state index in [1.54, 1.807) is 18.0 Å². The Kier molecular flexibility index (Phi) is 6.06. The number of carbonyl (C=O) groups excluding carboxylic acids is 1. The predicted octanol–water partition coefficient (Wildman–Crippen LogP) is 3.74. The number of hydrogen-bond donors (Lipinski definition) is 0. The zero-order valence-corrected chi connectivity index (χ0v) is 14.7. The van der Waals surface area contributed by atoms with Crippen molar-refractivity contribution in [2.75, 3.05) is 20.2 Å². The van der Waals surface area contributed by atoms with Crippen molar-refractivity contribution in [2.45, 2.75) is 6.92 Å². The molecule has 0 aliphatic carbocycles. The van der Waals surface area contributed by atoms with E-state index in [0.717, 1.165) is 15.1 Å². The lowest BCUT2D eigenvalue weighted by Gasteiger charge is -2.16. The van der Waals surface area contributed by atoms with Gasteiger partial charge in [0.25, 0.3) is 0 Å². The molecule has 0 spiro atoms. The zero-order chi connectivity index (χ0) is 15.9. The van der Waals surface area contributed by atoms with Gasteiger partial charge in [-0.1, -0.05) is 18.2 Å². The van der Waals surface area contributed by atoms with Gasteiger partial charge in [0.1, 0.15) is 18.1 Å². The molecule has 2 aromatic rings. The number of para-hydroxylation sites is 1. The first-order valence-corrected chi connectivity index (χ1v) is 8.01. The molecule has 0 saturated carbocycles. The number of amides is 1. The van der Waals surface area contributed by atoms with Gasteiger partial charge in [0.2, 0.25) is 5.91 Å². The van der Waals surface area contributed by atoms with Crippen LogP contribution in [-0.2, 0) is 4.79 Å². The van der Waals surface area contributed by atoms with Gasteiger partial charge >= 0.3 is 0 Å². The van der Waals surface area contributed by atoms with Crippen LogP contribution in [0.3, 0.4) is 0 Å². The fourth-order valence-electron chi connectivity index (χ4n) is 1.82. The van der Waals surface area contributed by atoms with E-state index in [9.17, 15) is 4.79 Å². The normalized spacial score (nSPS) is 10.9. The molecule has 1 heterocycles. The summed E-state index contributed by atoms with van der Waals surface area (Å²) in [6.45, 7) is 2.98. The van der Waals surface area contributed by atoms with Crippen LogP contribution in [0, 0.1) is 10.7 Å². The van der Waals surface area contributed by atoms with Crippen LogP contribution in [0.15, 0.2) is 46.9 Å². The Morgan fingerprint density at radius 3 is 2.77 bits per heavy atom. The van der Waals surface area contributed by atoms with Crippen LogP contribution in [0.4, 0.5) is 0 Å². The predicted molar refractivity (Wildman–Crippen MR) is 94.8 cm³/mol. The Morgan fingerprint density at radius 1 is 1.32 bits per heavy atom. The molecular formula is C17H18INO3. The standard InChI is InChI=1S/C17H18INO3/c1-13-5-3-4-6-15(13)21-12-11-19(2)17(20)10-8-14-7-9-16(18)22-14/h3-10H,11-12H2,1-2H3/b10-8+. The van der Waals surface area contributed by atoms with Crippen LogP contribution in [0.2, 0.25) is 0 Å². The van der Waals surface area contributed by atoms with E-state index < -0.39 is 0 Å². The highest BCUT2D eigenvalue weighted by molar-refractivity contribution is 14.1. The Labute approximate surface area is 143 Å². The summed E-state index contributed by atoms with van der Waals surface area (Å²) in [7, 11) is 1.75. The average molecular weight is 411 g/mol. The third kappa shape index (κ3) is 4.91. The summed E-state index contributed by atoms with van der Waals surface area (Å²) in [6, 6.07) is 11.5. The topological polar surface area (TPSA) is 42.7 Å². The van der Waals surface area contributed by atoms with Gasteiger partial charge in [-0.2, -0.15) is 0 Å². The molecule has 116 valence electrons. The van der Waals surface area contributed by atoms with Crippen molar-refractivity contribution < 1.29 is 13.9 Å². The smallest absolute Gasteiger partial charge is 0.246 e. The van der Waals surface area contributed by atoms with Gasteiger partial charge in [-0.25, -0.2) is 0 Å². The van der Waals surface area contributed by atoms with Crippen molar-refractivity contribution in [3.63, 3.8) is 0 Å². The first-order valence-electron chi connectivity index (χ1n) is 6.93. The first kappa shape index (κ1) is 16.6. The van der Waals surface area contributed by atoms with Crippen LogP contribution in [0.5, 0.6) is 5.75 Å². The number of halogens is 1. The molecule has 0 aliphatic rings. The number of nitrogens with zero attached hydrogens (tertiary/aromatic N) is 1. The van der Waals surface area contributed by atoms with Crippen LogP contribution >= 0.6 is 22.6 Å². The summed E-state index contributed by atoms with van der Waals surface area (Å²) in [5.41, 5.74) is 1.09. The highest BCUT2D eigenvalue weighted by Crippen LogP contribution is 2.16. The maximum Gasteiger partial charge on any atom is 0.246 e. The minimum absolute atomic E-state index is 0.0835. The lowest BCUT2D eigenvalue weighted by atomic mass is 10.2. The third-order valence-electron chi connectivity index (χ3n) is 3.14. The molecule has 1 aromatic carbocycles.